The summed E-state index contributed by atoms with van der Waals surface area (Å²) in [7, 11) is -2.46. The molecule has 2 atom stereocenters. The molecule has 0 aromatic heterocycles. The molecule has 0 bridgehead atoms. The van der Waals surface area contributed by atoms with E-state index < -0.39 is 9.73 Å². The quantitative estimate of drug-likeness (QED) is 0.749. The van der Waals surface area contributed by atoms with Gasteiger partial charge in [-0.1, -0.05) is 20.3 Å². The summed E-state index contributed by atoms with van der Waals surface area (Å²) in [5.41, 5.74) is 0.00793. The van der Waals surface area contributed by atoms with Crippen LogP contribution in [0.15, 0.2) is 4.36 Å². The Labute approximate surface area is 175 Å². The van der Waals surface area contributed by atoms with Gasteiger partial charge in [-0.15, -0.1) is 0 Å². The molecule has 4 fully saturated rings. The zero-order valence-electron chi connectivity index (χ0n) is 17.9. The number of nitrogens with one attached hydrogen (secondary N) is 1. The van der Waals surface area contributed by atoms with E-state index in [9.17, 15) is 13.8 Å². The lowest BCUT2D eigenvalue weighted by atomic mass is 9.84. The van der Waals surface area contributed by atoms with Crippen molar-refractivity contribution >= 4 is 21.5 Å². The molecule has 2 aliphatic carbocycles. The number of carbonyl (C=O) groups excluding carboxylic acids is 2. The molecule has 6 nitrogen and oxygen atoms in total. The Morgan fingerprint density at radius 1 is 1.14 bits per heavy atom. The minimum absolute atomic E-state index is 0.140. The van der Waals surface area contributed by atoms with Crippen LogP contribution in [0.3, 0.4) is 0 Å². The van der Waals surface area contributed by atoms with E-state index in [1.165, 1.54) is 25.7 Å². The maximum absolute atomic E-state index is 13.0. The van der Waals surface area contributed by atoms with Crippen LogP contribution in [0.5, 0.6) is 0 Å². The molecule has 2 saturated carbocycles. The van der Waals surface area contributed by atoms with Crippen LogP contribution in [0.1, 0.15) is 78.1 Å². The van der Waals surface area contributed by atoms with Crippen molar-refractivity contribution in [1.29, 1.82) is 0 Å². The van der Waals surface area contributed by atoms with E-state index in [1.807, 2.05) is 13.8 Å². The third kappa shape index (κ3) is 4.71. The zero-order valence-corrected chi connectivity index (χ0v) is 18.7. The molecule has 2 amide bonds. The molecule has 164 valence electrons. The molecule has 2 aliphatic heterocycles. The Kier molecular flexibility index (Phi) is 5.84. The lowest BCUT2D eigenvalue weighted by molar-refractivity contribution is -0.131. The summed E-state index contributed by atoms with van der Waals surface area (Å²) < 4.78 is 23.3. The fourth-order valence-corrected chi connectivity index (χ4v) is 7.90. The molecule has 2 heterocycles. The summed E-state index contributed by atoms with van der Waals surface area (Å²) in [5, 5.41) is 3.33. The summed E-state index contributed by atoms with van der Waals surface area (Å²) in [5.74, 6) is 1.28. The minimum atomic E-state index is -2.46. The second kappa shape index (κ2) is 7.95. The molecular formula is C22H36N2O4S. The van der Waals surface area contributed by atoms with E-state index in [-0.39, 0.29) is 35.3 Å². The first-order valence-corrected chi connectivity index (χ1v) is 13.3. The summed E-state index contributed by atoms with van der Waals surface area (Å²) in [6, 6.07) is 0.140. The molecule has 0 radical (unpaired) electrons. The highest BCUT2D eigenvalue weighted by Gasteiger charge is 2.55. The monoisotopic (exact) mass is 424 g/mol. The second-order valence-corrected chi connectivity index (χ2v) is 12.8. The predicted molar refractivity (Wildman–Crippen MR) is 113 cm³/mol. The zero-order chi connectivity index (χ0) is 20.7. The van der Waals surface area contributed by atoms with Gasteiger partial charge in [-0.2, -0.15) is 4.36 Å². The number of amides is 2. The van der Waals surface area contributed by atoms with Crippen molar-refractivity contribution in [3.63, 3.8) is 0 Å². The molecular weight excluding hydrogens is 388 g/mol. The fourth-order valence-electron chi connectivity index (χ4n) is 5.69. The lowest BCUT2D eigenvalue weighted by Crippen LogP contribution is -2.52. The van der Waals surface area contributed by atoms with E-state index in [4.69, 9.17) is 4.74 Å². The van der Waals surface area contributed by atoms with Crippen molar-refractivity contribution in [2.45, 2.75) is 89.7 Å². The Morgan fingerprint density at radius 2 is 1.86 bits per heavy atom. The van der Waals surface area contributed by atoms with E-state index in [2.05, 4.69) is 9.68 Å². The Bertz CT molecular complexity index is 766. The molecule has 7 heteroatoms. The van der Waals surface area contributed by atoms with Crippen LogP contribution >= 0.6 is 0 Å². The van der Waals surface area contributed by atoms with Gasteiger partial charge in [-0.3, -0.25) is 9.59 Å². The molecule has 2 saturated heterocycles. The number of carbonyl (C=O) groups is 2. The SMILES string of the molecule is CC(C)CC(=O)N=S1(=O)CCC2(CC1)CC(NC(=O)C1CCCC13CC3)CCO2. The Balaban J connectivity index is 1.34. The van der Waals surface area contributed by atoms with Crippen LogP contribution in [-0.4, -0.2) is 45.8 Å². The lowest BCUT2D eigenvalue weighted by Gasteiger charge is -2.44. The van der Waals surface area contributed by atoms with Crippen molar-refractivity contribution in [2.75, 3.05) is 18.1 Å². The van der Waals surface area contributed by atoms with E-state index in [0.717, 1.165) is 19.3 Å². The molecule has 2 unspecified atom stereocenters. The average molecular weight is 425 g/mol. The highest BCUT2D eigenvalue weighted by atomic mass is 32.2. The molecule has 29 heavy (non-hydrogen) atoms. The van der Waals surface area contributed by atoms with E-state index >= 15 is 0 Å². The van der Waals surface area contributed by atoms with Gasteiger partial charge in [-0.25, -0.2) is 4.21 Å². The number of ether oxygens (including phenoxy) is 1. The fraction of sp³-hybridized carbons (Fsp3) is 0.909. The van der Waals surface area contributed by atoms with Gasteiger partial charge in [0.25, 0.3) is 5.91 Å². The smallest absolute Gasteiger partial charge is 0.254 e. The third-order valence-corrected chi connectivity index (χ3v) is 9.78. The molecule has 1 N–H and O–H groups in total. The van der Waals surface area contributed by atoms with Crippen molar-refractivity contribution < 1.29 is 18.5 Å². The largest absolute Gasteiger partial charge is 0.375 e. The van der Waals surface area contributed by atoms with Gasteiger partial charge in [0.15, 0.2) is 0 Å². The van der Waals surface area contributed by atoms with Gasteiger partial charge in [0, 0.05) is 36.5 Å². The average Bonchev–Trinajstić information content (AvgIpc) is 3.28. The first kappa shape index (κ1) is 21.3. The first-order valence-electron chi connectivity index (χ1n) is 11.4. The molecule has 4 aliphatic rings. The normalized spacial score (nSPS) is 38.3. The Morgan fingerprint density at radius 3 is 2.52 bits per heavy atom. The van der Waals surface area contributed by atoms with Crippen LogP contribution in [0, 0.1) is 17.3 Å². The van der Waals surface area contributed by atoms with Crippen molar-refractivity contribution in [1.82, 2.24) is 5.32 Å². The van der Waals surface area contributed by atoms with Gasteiger partial charge < -0.3 is 10.1 Å². The number of rotatable bonds is 4. The van der Waals surface area contributed by atoms with Crippen LogP contribution in [-0.2, 0) is 24.1 Å². The maximum atomic E-state index is 13.0. The van der Waals surface area contributed by atoms with Crippen LogP contribution < -0.4 is 5.32 Å². The highest BCUT2D eigenvalue weighted by molar-refractivity contribution is 7.93. The molecule has 0 aromatic carbocycles. The number of hydrogen-bond donors (Lipinski definition) is 1. The Hall–Kier alpha value is -0.950. The molecule has 2 spiro atoms. The topological polar surface area (TPSA) is 84.8 Å². The molecule has 4 rings (SSSR count). The van der Waals surface area contributed by atoms with Crippen LogP contribution in [0.4, 0.5) is 0 Å². The third-order valence-electron chi connectivity index (χ3n) is 7.56. The van der Waals surface area contributed by atoms with Gasteiger partial charge in [0.2, 0.25) is 5.91 Å². The van der Waals surface area contributed by atoms with Gasteiger partial charge in [0.05, 0.1) is 15.3 Å². The number of nitrogens with zero attached hydrogens (tertiary/aromatic N) is 1. The summed E-state index contributed by atoms with van der Waals surface area (Å²) in [6.45, 7) is 4.57. The van der Waals surface area contributed by atoms with Crippen LogP contribution in [0.25, 0.3) is 0 Å². The predicted octanol–water partition coefficient (Wildman–Crippen LogP) is 3.44. The van der Waals surface area contributed by atoms with E-state index in [1.54, 1.807) is 0 Å². The summed E-state index contributed by atoms with van der Waals surface area (Å²) in [4.78, 5) is 24.9. The minimum Gasteiger partial charge on any atom is -0.375 e. The maximum Gasteiger partial charge on any atom is 0.254 e. The van der Waals surface area contributed by atoms with Crippen molar-refractivity contribution in [2.24, 2.45) is 21.6 Å². The summed E-state index contributed by atoms with van der Waals surface area (Å²) in [6.07, 6.45) is 9.18. The van der Waals surface area contributed by atoms with Crippen molar-refractivity contribution in [3.05, 3.63) is 0 Å². The van der Waals surface area contributed by atoms with Gasteiger partial charge in [0.1, 0.15) is 0 Å². The molecule has 0 aromatic rings. The van der Waals surface area contributed by atoms with Gasteiger partial charge in [-0.05, 0) is 62.7 Å². The highest BCUT2D eigenvalue weighted by Crippen LogP contribution is 2.61. The number of hydrogen-bond acceptors (Lipinski definition) is 4. The van der Waals surface area contributed by atoms with Gasteiger partial charge >= 0.3 is 0 Å². The van der Waals surface area contributed by atoms with Crippen molar-refractivity contribution in [3.8, 4) is 0 Å². The second-order valence-electron chi connectivity index (χ2n) is 10.3. The standard InChI is InChI=1S/C22H36N2O4S/c1-16(2)14-19(25)24-29(27)12-9-22(10-13-29)15-17(5-11-28-22)23-20(26)18-4-3-6-21(18)7-8-21/h16-18H,3-15H2,1-2H3,(H,23,26). The first-order chi connectivity index (χ1) is 13.7. The van der Waals surface area contributed by atoms with Crippen LogP contribution in [0.2, 0.25) is 0 Å². The summed E-state index contributed by atoms with van der Waals surface area (Å²) >= 11 is 0. The van der Waals surface area contributed by atoms with E-state index in [0.29, 0.717) is 42.8 Å².